The third-order valence-corrected chi connectivity index (χ3v) is 10.1. The molecule has 1 unspecified atom stereocenters. The Morgan fingerprint density at radius 1 is 0.933 bits per heavy atom. The zero-order chi connectivity index (χ0) is 22.1. The minimum atomic E-state index is -0.0419. The van der Waals surface area contributed by atoms with Crippen LogP contribution in [0.25, 0.3) is 0 Å². The van der Waals surface area contributed by atoms with Crippen molar-refractivity contribution in [2.45, 2.75) is 118 Å². The fraction of sp³-hybridized carbons (Fsp3) is 0.704. The predicted octanol–water partition coefficient (Wildman–Crippen LogP) is 8.39. The molecule has 0 saturated carbocycles. The number of rotatable bonds is 7. The van der Waals surface area contributed by atoms with E-state index in [1.165, 1.54) is 23.2 Å². The van der Waals surface area contributed by atoms with Crippen LogP contribution >= 0.6 is 7.92 Å². The van der Waals surface area contributed by atoms with Crippen molar-refractivity contribution in [2.24, 2.45) is 5.41 Å². The summed E-state index contributed by atoms with van der Waals surface area (Å²) in [4.78, 5) is 2.75. The standard InChI is InChI=1S/C27H46NP.Ru/c1-12-22-15-14-16-23(13-2)25(22)28-24(26(8,9)18-27(28,10)11)17-21(7)29(19(3)4)20(5)6;/h14-17,19-21H,12-13,18H2,1-11H3;. The molecule has 0 radical (unpaired) electrons. The number of anilines is 1. The number of hydrogen-bond donors (Lipinski definition) is 0. The first-order valence-corrected chi connectivity index (χ1v) is 13.3. The summed E-state index contributed by atoms with van der Waals surface area (Å²) in [5.74, 6) is 0. The first-order chi connectivity index (χ1) is 13.4. The van der Waals surface area contributed by atoms with Crippen LogP contribution in [-0.4, -0.2) is 22.5 Å². The summed E-state index contributed by atoms with van der Waals surface area (Å²) in [6.07, 6.45) is 6.04. The van der Waals surface area contributed by atoms with E-state index in [-0.39, 0.29) is 38.4 Å². The fourth-order valence-electron chi connectivity index (χ4n) is 5.96. The molecule has 1 fully saturated rings. The SMILES string of the molecule is CCc1cccc(CC)c1N1C(=CC(C)P(C(C)C)C(C)C)C(C)(C)CC1(C)C.[Ru]. The summed E-state index contributed by atoms with van der Waals surface area (Å²) >= 11 is 0. The molecule has 30 heavy (non-hydrogen) atoms. The van der Waals surface area contributed by atoms with Crippen LogP contribution in [0.5, 0.6) is 0 Å². The van der Waals surface area contributed by atoms with Gasteiger partial charge in [0, 0.05) is 41.8 Å². The van der Waals surface area contributed by atoms with E-state index in [1.807, 2.05) is 0 Å². The largest absolute Gasteiger partial charge is 0.339 e. The van der Waals surface area contributed by atoms with Crippen molar-refractivity contribution < 1.29 is 19.5 Å². The van der Waals surface area contributed by atoms with E-state index in [4.69, 9.17) is 0 Å². The molecule has 1 aliphatic heterocycles. The normalized spacial score (nSPS) is 20.3. The molecule has 1 atom stereocenters. The maximum Gasteiger partial charge on any atom is 0.0478 e. The minimum Gasteiger partial charge on any atom is -0.339 e. The first kappa shape index (κ1) is 27.8. The van der Waals surface area contributed by atoms with Crippen molar-refractivity contribution in [2.75, 3.05) is 4.90 Å². The van der Waals surface area contributed by atoms with Gasteiger partial charge in [-0.25, -0.2) is 0 Å². The van der Waals surface area contributed by atoms with Crippen molar-refractivity contribution in [1.82, 2.24) is 0 Å². The van der Waals surface area contributed by atoms with E-state index in [0.29, 0.717) is 5.66 Å². The van der Waals surface area contributed by atoms with Crippen molar-refractivity contribution in [3.8, 4) is 0 Å². The first-order valence-electron chi connectivity index (χ1n) is 11.8. The summed E-state index contributed by atoms with van der Waals surface area (Å²) in [7, 11) is -0.0419. The van der Waals surface area contributed by atoms with Crippen LogP contribution in [0.3, 0.4) is 0 Å². The van der Waals surface area contributed by atoms with E-state index in [2.05, 4.69) is 105 Å². The van der Waals surface area contributed by atoms with Gasteiger partial charge >= 0.3 is 0 Å². The molecule has 0 amide bonds. The van der Waals surface area contributed by atoms with Gasteiger partial charge in [-0.15, -0.1) is 0 Å². The van der Waals surface area contributed by atoms with Gasteiger partial charge in [0.1, 0.15) is 0 Å². The van der Waals surface area contributed by atoms with Crippen LogP contribution in [0, 0.1) is 5.41 Å². The average molecular weight is 517 g/mol. The van der Waals surface area contributed by atoms with E-state index < -0.39 is 0 Å². The fourth-order valence-corrected chi connectivity index (χ4v) is 9.34. The zero-order valence-corrected chi connectivity index (χ0v) is 24.0. The van der Waals surface area contributed by atoms with Crippen molar-refractivity contribution >= 4 is 13.6 Å². The molecule has 1 aliphatic rings. The van der Waals surface area contributed by atoms with E-state index in [9.17, 15) is 0 Å². The van der Waals surface area contributed by atoms with Crippen LogP contribution in [0.15, 0.2) is 30.0 Å². The number of nitrogens with zero attached hydrogens (tertiary/aromatic N) is 1. The molecule has 1 saturated heterocycles. The van der Waals surface area contributed by atoms with Gasteiger partial charge in [0.2, 0.25) is 0 Å². The second-order valence-electron chi connectivity index (χ2n) is 10.8. The molecule has 1 aromatic rings. The molecule has 0 N–H and O–H groups in total. The second kappa shape index (κ2) is 10.6. The van der Waals surface area contributed by atoms with E-state index >= 15 is 0 Å². The topological polar surface area (TPSA) is 3.24 Å². The van der Waals surface area contributed by atoms with Crippen molar-refractivity contribution in [3.63, 3.8) is 0 Å². The second-order valence-corrected chi connectivity index (χ2v) is 14.5. The average Bonchev–Trinajstić information content (AvgIpc) is 2.76. The van der Waals surface area contributed by atoms with Gasteiger partial charge in [0.15, 0.2) is 0 Å². The van der Waals surface area contributed by atoms with Crippen LogP contribution in [0.4, 0.5) is 5.69 Å². The van der Waals surface area contributed by atoms with Crippen LogP contribution < -0.4 is 4.90 Å². The molecule has 3 heteroatoms. The van der Waals surface area contributed by atoms with Gasteiger partial charge in [-0.1, -0.05) is 94.5 Å². The molecular formula is C27H46NPRu. The van der Waals surface area contributed by atoms with Gasteiger partial charge in [-0.3, -0.25) is 0 Å². The Bertz CT molecular complexity index is 702. The van der Waals surface area contributed by atoms with Gasteiger partial charge in [0.25, 0.3) is 0 Å². The molecule has 0 aromatic heterocycles. The number of aryl methyl sites for hydroxylation is 2. The van der Waals surface area contributed by atoms with Crippen molar-refractivity contribution in [3.05, 3.63) is 41.1 Å². The summed E-state index contributed by atoms with van der Waals surface area (Å²) in [6, 6.07) is 6.93. The van der Waals surface area contributed by atoms with Crippen LogP contribution in [0.1, 0.15) is 93.7 Å². The molecule has 2 rings (SSSR count). The molecule has 1 aromatic carbocycles. The van der Waals surface area contributed by atoms with Gasteiger partial charge < -0.3 is 4.90 Å². The molecular weight excluding hydrogens is 470 g/mol. The van der Waals surface area contributed by atoms with Crippen LogP contribution in [0.2, 0.25) is 0 Å². The van der Waals surface area contributed by atoms with Gasteiger partial charge in [0.05, 0.1) is 0 Å². The van der Waals surface area contributed by atoms with Gasteiger partial charge in [-0.2, -0.15) is 0 Å². The molecule has 172 valence electrons. The molecule has 0 bridgehead atoms. The molecule has 0 aliphatic carbocycles. The summed E-state index contributed by atoms with van der Waals surface area (Å²) < 4.78 is 0. The van der Waals surface area contributed by atoms with Crippen LogP contribution in [-0.2, 0) is 32.3 Å². The Hall–Kier alpha value is -0.187. The quantitative estimate of drug-likeness (QED) is 0.260. The summed E-state index contributed by atoms with van der Waals surface area (Å²) in [5.41, 5.74) is 8.50. The zero-order valence-electron chi connectivity index (χ0n) is 21.4. The monoisotopic (exact) mass is 517 g/mol. The number of para-hydroxylation sites is 1. The molecule has 1 heterocycles. The number of benzene rings is 1. The van der Waals surface area contributed by atoms with E-state index in [0.717, 1.165) is 24.2 Å². The molecule has 1 nitrogen and oxygen atoms in total. The Labute approximate surface area is 202 Å². The predicted molar refractivity (Wildman–Crippen MR) is 135 cm³/mol. The Morgan fingerprint density at radius 2 is 1.40 bits per heavy atom. The van der Waals surface area contributed by atoms with Crippen molar-refractivity contribution in [1.29, 1.82) is 0 Å². The maximum absolute atomic E-state index is 2.75. The Morgan fingerprint density at radius 3 is 1.80 bits per heavy atom. The Kier molecular flexibility index (Phi) is 9.86. The number of hydrogen-bond acceptors (Lipinski definition) is 1. The third-order valence-electron chi connectivity index (χ3n) is 6.66. The maximum atomic E-state index is 2.75. The number of allylic oxidation sites excluding steroid dienone is 2. The molecule has 0 spiro atoms. The smallest absolute Gasteiger partial charge is 0.0478 e. The third kappa shape index (κ3) is 5.59. The van der Waals surface area contributed by atoms with E-state index in [1.54, 1.807) is 5.70 Å². The minimum absolute atomic E-state index is 0. The van der Waals surface area contributed by atoms with Gasteiger partial charge in [-0.05, 0) is 61.2 Å². The summed E-state index contributed by atoms with van der Waals surface area (Å²) in [5, 5.41) is 0. The summed E-state index contributed by atoms with van der Waals surface area (Å²) in [6.45, 7) is 26.6. The Balaban J connectivity index is 0.00000450.